The molecule has 2 aromatic heterocycles. The molecule has 102 valence electrons. The van der Waals surface area contributed by atoms with Crippen molar-refractivity contribution in [1.82, 2.24) is 9.97 Å². The third-order valence-corrected chi connectivity index (χ3v) is 4.56. The molecule has 4 heteroatoms. The summed E-state index contributed by atoms with van der Waals surface area (Å²) in [5.41, 5.74) is 0.369. The molecule has 0 radical (unpaired) electrons. The number of nitrogens with zero attached hydrogens (tertiary/aromatic N) is 3. The van der Waals surface area contributed by atoms with Crippen LogP contribution in [0, 0.1) is 5.41 Å². The van der Waals surface area contributed by atoms with E-state index in [1.165, 1.54) is 24.6 Å². The van der Waals surface area contributed by atoms with E-state index < -0.39 is 0 Å². The topological polar surface area (TPSA) is 29.0 Å². The number of fused-ring (bicyclic) bond motifs is 1. The van der Waals surface area contributed by atoms with Gasteiger partial charge >= 0.3 is 0 Å². The van der Waals surface area contributed by atoms with Crippen LogP contribution in [0.3, 0.4) is 0 Å². The molecule has 1 atom stereocenters. The Morgan fingerprint density at radius 3 is 3.00 bits per heavy atom. The second-order valence-corrected chi connectivity index (χ2v) is 7.49. The highest BCUT2D eigenvalue weighted by Gasteiger charge is 2.30. The molecular formula is C15H21N3S. The van der Waals surface area contributed by atoms with E-state index in [2.05, 4.69) is 47.1 Å². The lowest BCUT2D eigenvalue weighted by molar-refractivity contribution is 0.339. The average Bonchev–Trinajstić information content (AvgIpc) is 2.94. The van der Waals surface area contributed by atoms with Gasteiger partial charge in [0.1, 0.15) is 17.0 Å². The van der Waals surface area contributed by atoms with Crippen LogP contribution in [0.4, 0.5) is 5.82 Å². The Morgan fingerprint density at radius 2 is 2.21 bits per heavy atom. The minimum absolute atomic E-state index is 0.369. The molecular weight excluding hydrogens is 254 g/mol. The molecule has 19 heavy (non-hydrogen) atoms. The highest BCUT2D eigenvalue weighted by Crippen LogP contribution is 2.35. The van der Waals surface area contributed by atoms with Gasteiger partial charge in [-0.15, -0.1) is 11.3 Å². The zero-order chi connectivity index (χ0) is 13.5. The van der Waals surface area contributed by atoms with Crippen LogP contribution in [0.15, 0.2) is 17.8 Å². The highest BCUT2D eigenvalue weighted by molar-refractivity contribution is 7.16. The molecule has 0 bridgehead atoms. The molecule has 3 nitrogen and oxygen atoms in total. The van der Waals surface area contributed by atoms with Gasteiger partial charge in [-0.25, -0.2) is 9.97 Å². The van der Waals surface area contributed by atoms with Crippen molar-refractivity contribution in [3.8, 4) is 0 Å². The van der Waals surface area contributed by atoms with Crippen LogP contribution in [0.1, 0.15) is 40.0 Å². The molecule has 1 saturated heterocycles. The lowest BCUT2D eigenvalue weighted by Gasteiger charge is -2.31. The number of hydrogen-bond donors (Lipinski definition) is 0. The zero-order valence-electron chi connectivity index (χ0n) is 11.9. The van der Waals surface area contributed by atoms with Crippen molar-refractivity contribution in [2.75, 3.05) is 11.4 Å². The molecule has 3 heterocycles. The van der Waals surface area contributed by atoms with Crippen LogP contribution < -0.4 is 4.90 Å². The molecule has 0 spiro atoms. The van der Waals surface area contributed by atoms with Gasteiger partial charge in [-0.1, -0.05) is 20.8 Å². The highest BCUT2D eigenvalue weighted by atomic mass is 32.1. The number of rotatable bonds is 2. The lowest BCUT2D eigenvalue weighted by Crippen LogP contribution is -2.33. The van der Waals surface area contributed by atoms with Crippen molar-refractivity contribution in [2.24, 2.45) is 5.41 Å². The fourth-order valence-electron chi connectivity index (χ4n) is 3.04. The first-order valence-corrected chi connectivity index (χ1v) is 7.87. The summed E-state index contributed by atoms with van der Waals surface area (Å²) in [6.07, 6.45) is 5.49. The van der Waals surface area contributed by atoms with E-state index in [4.69, 9.17) is 0 Å². The molecule has 0 N–H and O–H groups in total. The molecule has 1 aliphatic heterocycles. The van der Waals surface area contributed by atoms with Crippen LogP contribution in [0.2, 0.25) is 0 Å². The maximum absolute atomic E-state index is 4.56. The van der Waals surface area contributed by atoms with E-state index in [1.54, 1.807) is 17.7 Å². The third-order valence-electron chi connectivity index (χ3n) is 3.74. The van der Waals surface area contributed by atoms with Crippen molar-refractivity contribution in [3.63, 3.8) is 0 Å². The molecule has 0 aliphatic carbocycles. The van der Waals surface area contributed by atoms with E-state index in [0.717, 1.165) is 17.2 Å². The normalized spacial score (nSPS) is 20.4. The van der Waals surface area contributed by atoms with Gasteiger partial charge in [0.25, 0.3) is 0 Å². The predicted molar refractivity (Wildman–Crippen MR) is 81.9 cm³/mol. The fourth-order valence-corrected chi connectivity index (χ4v) is 3.77. The van der Waals surface area contributed by atoms with Gasteiger partial charge in [0.2, 0.25) is 0 Å². The van der Waals surface area contributed by atoms with E-state index in [9.17, 15) is 0 Å². The first-order chi connectivity index (χ1) is 9.04. The minimum Gasteiger partial charge on any atom is -0.353 e. The largest absolute Gasteiger partial charge is 0.353 e. The van der Waals surface area contributed by atoms with Crippen LogP contribution in [0.5, 0.6) is 0 Å². The molecule has 0 saturated carbocycles. The van der Waals surface area contributed by atoms with E-state index in [1.807, 2.05) is 0 Å². The Morgan fingerprint density at radius 1 is 1.37 bits per heavy atom. The van der Waals surface area contributed by atoms with Gasteiger partial charge in [0.05, 0.1) is 5.39 Å². The summed E-state index contributed by atoms with van der Waals surface area (Å²) in [4.78, 5) is 12.5. The van der Waals surface area contributed by atoms with Crippen LogP contribution in [0.25, 0.3) is 10.2 Å². The molecule has 3 rings (SSSR count). The summed E-state index contributed by atoms with van der Waals surface area (Å²) in [7, 11) is 0. The van der Waals surface area contributed by atoms with Crippen LogP contribution in [-0.2, 0) is 0 Å². The second-order valence-electron chi connectivity index (χ2n) is 6.59. The molecule has 1 fully saturated rings. The van der Waals surface area contributed by atoms with Crippen LogP contribution >= 0.6 is 11.3 Å². The maximum atomic E-state index is 4.56. The Hall–Kier alpha value is -1.16. The quantitative estimate of drug-likeness (QED) is 0.826. The van der Waals surface area contributed by atoms with E-state index in [0.29, 0.717) is 11.5 Å². The molecule has 0 amide bonds. The SMILES string of the molecule is CC(C)(C)CC1CCCN1c1ncnc2sccc12. The smallest absolute Gasteiger partial charge is 0.141 e. The zero-order valence-corrected chi connectivity index (χ0v) is 12.7. The average molecular weight is 275 g/mol. The maximum Gasteiger partial charge on any atom is 0.141 e. The molecule has 2 aromatic rings. The molecule has 1 aliphatic rings. The van der Waals surface area contributed by atoms with Crippen LogP contribution in [-0.4, -0.2) is 22.6 Å². The summed E-state index contributed by atoms with van der Waals surface area (Å²) >= 11 is 1.70. The fraction of sp³-hybridized carbons (Fsp3) is 0.600. The monoisotopic (exact) mass is 275 g/mol. The first kappa shape index (κ1) is 12.9. The van der Waals surface area contributed by atoms with E-state index >= 15 is 0 Å². The summed E-state index contributed by atoms with van der Waals surface area (Å²) in [6, 6.07) is 2.78. The predicted octanol–water partition coefficient (Wildman–Crippen LogP) is 4.10. The standard InChI is InChI=1S/C15H21N3S/c1-15(2,3)9-11-5-4-7-18(11)13-12-6-8-19-14(12)17-10-16-13/h6,8,10-11H,4-5,7,9H2,1-3H3. The van der Waals surface area contributed by atoms with Gasteiger partial charge in [-0.3, -0.25) is 0 Å². The number of thiophene rings is 1. The Kier molecular flexibility index (Phi) is 3.21. The third kappa shape index (κ3) is 2.59. The van der Waals surface area contributed by atoms with Crippen molar-refractivity contribution in [2.45, 2.75) is 46.1 Å². The van der Waals surface area contributed by atoms with Gasteiger partial charge < -0.3 is 4.90 Å². The Balaban J connectivity index is 1.94. The molecule has 1 unspecified atom stereocenters. The minimum atomic E-state index is 0.369. The Labute approximate surface area is 118 Å². The van der Waals surface area contributed by atoms with Crippen molar-refractivity contribution >= 4 is 27.4 Å². The summed E-state index contributed by atoms with van der Waals surface area (Å²) in [5, 5.41) is 3.32. The van der Waals surface area contributed by atoms with E-state index in [-0.39, 0.29) is 0 Å². The number of anilines is 1. The second kappa shape index (κ2) is 4.75. The van der Waals surface area contributed by atoms with Gasteiger partial charge in [-0.05, 0) is 36.1 Å². The lowest BCUT2D eigenvalue weighted by atomic mass is 9.87. The number of aromatic nitrogens is 2. The number of hydrogen-bond acceptors (Lipinski definition) is 4. The van der Waals surface area contributed by atoms with Gasteiger partial charge in [0.15, 0.2) is 0 Å². The molecule has 0 aromatic carbocycles. The Bertz CT molecular complexity index is 570. The summed E-state index contributed by atoms with van der Waals surface area (Å²) in [6.45, 7) is 8.10. The summed E-state index contributed by atoms with van der Waals surface area (Å²) < 4.78 is 0. The van der Waals surface area contributed by atoms with Gasteiger partial charge in [-0.2, -0.15) is 0 Å². The van der Waals surface area contributed by atoms with Crippen molar-refractivity contribution < 1.29 is 0 Å². The summed E-state index contributed by atoms with van der Waals surface area (Å²) in [5.74, 6) is 1.14. The van der Waals surface area contributed by atoms with Crippen molar-refractivity contribution in [3.05, 3.63) is 17.8 Å². The van der Waals surface area contributed by atoms with Crippen molar-refractivity contribution in [1.29, 1.82) is 0 Å². The van der Waals surface area contributed by atoms with Gasteiger partial charge in [0, 0.05) is 12.6 Å². The first-order valence-electron chi connectivity index (χ1n) is 6.99.